The minimum atomic E-state index is -0.560. The summed E-state index contributed by atoms with van der Waals surface area (Å²) in [6.45, 7) is 0.00464. The quantitative estimate of drug-likeness (QED) is 0.533. The van der Waals surface area contributed by atoms with Crippen LogP contribution in [0.2, 0.25) is 0 Å². The maximum Gasteiger partial charge on any atom is 0.270 e. The molecule has 0 atom stereocenters. The minimum absolute atomic E-state index is 0.00464. The summed E-state index contributed by atoms with van der Waals surface area (Å²) in [6, 6.07) is 12.6. The molecule has 0 aliphatic rings. The van der Waals surface area contributed by atoms with Crippen LogP contribution in [0.1, 0.15) is 16.2 Å². The van der Waals surface area contributed by atoms with Crippen LogP contribution in [0, 0.1) is 10.1 Å². The van der Waals surface area contributed by atoms with Crippen molar-refractivity contribution in [2.45, 2.75) is 6.54 Å². The van der Waals surface area contributed by atoms with Crippen LogP contribution in [0.15, 0.2) is 53.1 Å². The lowest BCUT2D eigenvalue weighted by atomic mass is 10.2. The zero-order valence-corrected chi connectivity index (χ0v) is 13.7. The van der Waals surface area contributed by atoms with E-state index >= 15 is 0 Å². The van der Waals surface area contributed by atoms with E-state index in [9.17, 15) is 14.9 Å². The number of rotatable bonds is 6. The van der Waals surface area contributed by atoms with Gasteiger partial charge < -0.3 is 14.6 Å². The molecule has 0 radical (unpaired) electrons. The second-order valence-electron chi connectivity index (χ2n) is 5.23. The van der Waals surface area contributed by atoms with Gasteiger partial charge in [0.2, 0.25) is 11.7 Å². The van der Waals surface area contributed by atoms with Gasteiger partial charge in [-0.25, -0.2) is 0 Å². The summed E-state index contributed by atoms with van der Waals surface area (Å²) in [5.74, 6) is 0.835. The molecule has 26 heavy (non-hydrogen) atoms. The van der Waals surface area contributed by atoms with Gasteiger partial charge in [-0.05, 0) is 30.3 Å². The molecular weight excluding hydrogens is 340 g/mol. The Morgan fingerprint density at radius 2 is 2.04 bits per heavy atom. The van der Waals surface area contributed by atoms with E-state index in [-0.39, 0.29) is 23.7 Å². The number of nitrogens with zero attached hydrogens (tertiary/aromatic N) is 3. The molecule has 0 bridgehead atoms. The second kappa shape index (κ2) is 7.43. The van der Waals surface area contributed by atoms with Gasteiger partial charge in [0.15, 0.2) is 0 Å². The molecule has 1 amide bonds. The molecule has 0 fully saturated rings. The van der Waals surface area contributed by atoms with E-state index in [1.54, 1.807) is 31.4 Å². The highest BCUT2D eigenvalue weighted by Crippen LogP contribution is 2.19. The number of non-ortho nitro benzene ring substituents is 1. The van der Waals surface area contributed by atoms with Crippen molar-refractivity contribution in [1.82, 2.24) is 15.5 Å². The number of amides is 1. The number of carbonyl (C=O) groups is 1. The van der Waals surface area contributed by atoms with Crippen molar-refractivity contribution >= 4 is 11.6 Å². The van der Waals surface area contributed by atoms with Gasteiger partial charge in [0.1, 0.15) is 5.75 Å². The normalized spacial score (nSPS) is 10.3. The minimum Gasteiger partial charge on any atom is -0.497 e. The van der Waals surface area contributed by atoms with E-state index in [2.05, 4.69) is 15.5 Å². The molecular formula is C17H14N4O5. The lowest BCUT2D eigenvalue weighted by Gasteiger charge is -2.02. The highest BCUT2D eigenvalue weighted by molar-refractivity contribution is 5.94. The number of aromatic nitrogens is 2. The van der Waals surface area contributed by atoms with Gasteiger partial charge in [0.05, 0.1) is 18.6 Å². The van der Waals surface area contributed by atoms with E-state index < -0.39 is 10.8 Å². The summed E-state index contributed by atoms with van der Waals surface area (Å²) in [4.78, 5) is 26.5. The Balaban J connectivity index is 1.65. The van der Waals surface area contributed by atoms with Crippen LogP contribution in [0.5, 0.6) is 5.75 Å². The zero-order valence-electron chi connectivity index (χ0n) is 13.7. The van der Waals surface area contributed by atoms with Gasteiger partial charge in [-0.2, -0.15) is 4.98 Å². The smallest absolute Gasteiger partial charge is 0.270 e. The summed E-state index contributed by atoms with van der Waals surface area (Å²) in [6.07, 6.45) is 0. The summed E-state index contributed by atoms with van der Waals surface area (Å²) >= 11 is 0. The standard InChI is InChI=1S/C17H14N4O5/c1-25-14-7-5-11(6-8-14)16-19-15(26-20-16)10-18-17(22)12-3-2-4-13(9-12)21(23)24/h2-9H,10H2,1H3,(H,18,22). The Morgan fingerprint density at radius 3 is 2.73 bits per heavy atom. The average Bonchev–Trinajstić information content (AvgIpc) is 3.15. The first-order chi connectivity index (χ1) is 12.6. The second-order valence-corrected chi connectivity index (χ2v) is 5.23. The van der Waals surface area contributed by atoms with Crippen molar-refractivity contribution in [2.75, 3.05) is 7.11 Å². The van der Waals surface area contributed by atoms with Crippen LogP contribution in [-0.4, -0.2) is 28.1 Å². The van der Waals surface area contributed by atoms with E-state index in [1.165, 1.54) is 24.3 Å². The van der Waals surface area contributed by atoms with Crippen LogP contribution < -0.4 is 10.1 Å². The van der Waals surface area contributed by atoms with Gasteiger partial charge in [-0.3, -0.25) is 14.9 Å². The molecule has 1 heterocycles. The molecule has 0 saturated carbocycles. The first-order valence-corrected chi connectivity index (χ1v) is 7.56. The highest BCUT2D eigenvalue weighted by atomic mass is 16.6. The number of carbonyl (C=O) groups excluding carboxylic acids is 1. The lowest BCUT2D eigenvalue weighted by Crippen LogP contribution is -2.23. The molecule has 0 aliphatic heterocycles. The predicted molar refractivity (Wildman–Crippen MR) is 90.6 cm³/mol. The SMILES string of the molecule is COc1ccc(-c2noc(CNC(=O)c3cccc([N+](=O)[O-])c3)n2)cc1. The van der Waals surface area contributed by atoms with E-state index in [0.717, 1.165) is 5.56 Å². The maximum atomic E-state index is 12.1. The number of methoxy groups -OCH3 is 1. The summed E-state index contributed by atoms with van der Waals surface area (Å²) < 4.78 is 10.2. The molecule has 3 aromatic rings. The van der Waals surface area contributed by atoms with Crippen LogP contribution in [0.3, 0.4) is 0 Å². The third-order valence-corrected chi connectivity index (χ3v) is 3.54. The molecule has 132 valence electrons. The highest BCUT2D eigenvalue weighted by Gasteiger charge is 2.13. The first-order valence-electron chi connectivity index (χ1n) is 7.56. The van der Waals surface area contributed by atoms with Crippen LogP contribution in [0.4, 0.5) is 5.69 Å². The summed E-state index contributed by atoms with van der Waals surface area (Å²) in [7, 11) is 1.57. The van der Waals surface area contributed by atoms with Crippen molar-refractivity contribution in [2.24, 2.45) is 0 Å². The van der Waals surface area contributed by atoms with Gasteiger partial charge in [-0.15, -0.1) is 0 Å². The maximum absolute atomic E-state index is 12.1. The number of nitrogens with one attached hydrogen (secondary N) is 1. The number of benzene rings is 2. The molecule has 0 spiro atoms. The number of nitro groups is 1. The number of nitro benzene ring substituents is 1. The number of ether oxygens (including phenoxy) is 1. The molecule has 1 aromatic heterocycles. The molecule has 9 heteroatoms. The van der Waals surface area contributed by atoms with Gasteiger partial charge >= 0.3 is 0 Å². The summed E-state index contributed by atoms with van der Waals surface area (Å²) in [5.41, 5.74) is 0.761. The van der Waals surface area contributed by atoms with Crippen molar-refractivity contribution in [1.29, 1.82) is 0 Å². The fourth-order valence-electron chi connectivity index (χ4n) is 2.20. The Bertz CT molecular complexity index is 936. The van der Waals surface area contributed by atoms with Crippen LogP contribution in [0.25, 0.3) is 11.4 Å². The average molecular weight is 354 g/mol. The molecule has 2 aromatic carbocycles. The molecule has 0 saturated heterocycles. The Hall–Kier alpha value is -3.75. The summed E-state index contributed by atoms with van der Waals surface area (Å²) in [5, 5.41) is 17.2. The van der Waals surface area contributed by atoms with Gasteiger partial charge in [0, 0.05) is 23.3 Å². The van der Waals surface area contributed by atoms with Crippen LogP contribution in [-0.2, 0) is 6.54 Å². The molecule has 0 aliphatic carbocycles. The number of hydrogen-bond donors (Lipinski definition) is 1. The lowest BCUT2D eigenvalue weighted by molar-refractivity contribution is -0.384. The van der Waals surface area contributed by atoms with Gasteiger partial charge in [0.25, 0.3) is 11.6 Å². The third kappa shape index (κ3) is 3.83. The van der Waals surface area contributed by atoms with E-state index in [1.807, 2.05) is 0 Å². The Labute approximate surface area is 147 Å². The van der Waals surface area contributed by atoms with E-state index in [4.69, 9.17) is 9.26 Å². The van der Waals surface area contributed by atoms with Crippen molar-refractivity contribution in [3.63, 3.8) is 0 Å². The molecule has 9 nitrogen and oxygen atoms in total. The monoisotopic (exact) mass is 354 g/mol. The first kappa shape index (κ1) is 17.1. The molecule has 3 rings (SSSR count). The third-order valence-electron chi connectivity index (χ3n) is 3.54. The van der Waals surface area contributed by atoms with Crippen molar-refractivity contribution in [3.05, 3.63) is 70.1 Å². The molecule has 1 N–H and O–H groups in total. The Morgan fingerprint density at radius 1 is 1.27 bits per heavy atom. The van der Waals surface area contributed by atoms with Crippen molar-refractivity contribution < 1.29 is 19.0 Å². The largest absolute Gasteiger partial charge is 0.497 e. The topological polar surface area (TPSA) is 120 Å². The van der Waals surface area contributed by atoms with Crippen LogP contribution >= 0.6 is 0 Å². The Kier molecular flexibility index (Phi) is 4.88. The van der Waals surface area contributed by atoms with E-state index in [0.29, 0.717) is 11.6 Å². The number of hydrogen-bond acceptors (Lipinski definition) is 7. The molecule has 0 unspecified atom stereocenters. The fraction of sp³-hybridized carbons (Fsp3) is 0.118. The van der Waals surface area contributed by atoms with Gasteiger partial charge in [-0.1, -0.05) is 11.2 Å². The van der Waals surface area contributed by atoms with Crippen molar-refractivity contribution in [3.8, 4) is 17.1 Å². The predicted octanol–water partition coefficient (Wildman–Crippen LogP) is 2.58. The zero-order chi connectivity index (χ0) is 18.5. The fourth-order valence-corrected chi connectivity index (χ4v) is 2.20.